The summed E-state index contributed by atoms with van der Waals surface area (Å²) in [7, 11) is 1.64. The van der Waals surface area contributed by atoms with Crippen molar-refractivity contribution < 1.29 is 24.1 Å². The molecule has 2 heterocycles. The summed E-state index contributed by atoms with van der Waals surface area (Å²) in [5, 5.41) is 10.9. The van der Waals surface area contributed by atoms with Gasteiger partial charge in [0.25, 0.3) is 0 Å². The van der Waals surface area contributed by atoms with Gasteiger partial charge < -0.3 is 19.3 Å². The largest absolute Gasteiger partial charge is 0.506 e. The van der Waals surface area contributed by atoms with Crippen molar-refractivity contribution in [3.8, 4) is 5.75 Å². The Bertz CT molecular complexity index is 668. The first-order valence-corrected chi connectivity index (χ1v) is 10.0. The number of hydrogen-bond donors (Lipinski definition) is 1. The Labute approximate surface area is 164 Å². The summed E-state index contributed by atoms with van der Waals surface area (Å²) in [5.74, 6) is 0.691. The number of aromatic hydroxyl groups is 1. The molecule has 7 nitrogen and oxygen atoms in total. The fourth-order valence-corrected chi connectivity index (χ4v) is 3.68. The van der Waals surface area contributed by atoms with Gasteiger partial charge in [0.15, 0.2) is 5.78 Å². The number of aryl methyl sites for hydroxylation is 1. The van der Waals surface area contributed by atoms with Gasteiger partial charge in [-0.15, -0.1) is 11.8 Å². The van der Waals surface area contributed by atoms with E-state index < -0.39 is 5.54 Å². The number of ketones is 1. The number of pyridine rings is 1. The van der Waals surface area contributed by atoms with Crippen molar-refractivity contribution in [1.82, 2.24) is 4.98 Å². The van der Waals surface area contributed by atoms with Gasteiger partial charge in [-0.05, 0) is 38.3 Å². The molecule has 0 spiro atoms. The van der Waals surface area contributed by atoms with Crippen molar-refractivity contribution >= 4 is 22.6 Å². The second-order valence-corrected chi connectivity index (χ2v) is 7.53. The van der Waals surface area contributed by atoms with E-state index in [1.807, 2.05) is 6.92 Å². The molecule has 0 saturated heterocycles. The van der Waals surface area contributed by atoms with E-state index in [1.54, 1.807) is 19.4 Å². The number of methoxy groups -OCH3 is 1. The third-order valence-electron chi connectivity index (χ3n) is 4.28. The average molecular weight is 397 g/mol. The zero-order chi connectivity index (χ0) is 19.7. The molecule has 8 heteroatoms. The molecular formula is C19H28N2O5S. The molecule has 0 saturated carbocycles. The molecule has 0 radical (unpaired) electrons. The molecule has 1 aliphatic rings. The number of aliphatic imine (C=N–C) groups is 1. The second-order valence-electron chi connectivity index (χ2n) is 6.57. The Kier molecular flexibility index (Phi) is 8.69. The average Bonchev–Trinajstić information content (AvgIpc) is 3.04. The number of aromatic nitrogens is 1. The number of carbonyl (C=O) groups is 1. The SMILES string of the molecule is COCCOCCOCCCc1cnc(C2=N[C@@](C)(C(C)=O)CS2)c(O)c1. The molecule has 0 aliphatic carbocycles. The molecule has 0 unspecified atom stereocenters. The number of hydrogen-bond acceptors (Lipinski definition) is 8. The van der Waals surface area contributed by atoms with Gasteiger partial charge in [-0.1, -0.05) is 0 Å². The van der Waals surface area contributed by atoms with Gasteiger partial charge >= 0.3 is 0 Å². The van der Waals surface area contributed by atoms with Gasteiger partial charge in [0.1, 0.15) is 22.0 Å². The first kappa shape index (κ1) is 21.8. The molecule has 1 aromatic rings. The molecular weight excluding hydrogens is 368 g/mol. The van der Waals surface area contributed by atoms with Crippen molar-refractivity contribution in [1.29, 1.82) is 0 Å². The van der Waals surface area contributed by atoms with Crippen LogP contribution in [-0.2, 0) is 25.4 Å². The summed E-state index contributed by atoms with van der Waals surface area (Å²) in [4.78, 5) is 20.5. The Morgan fingerprint density at radius 3 is 2.59 bits per heavy atom. The molecule has 1 N–H and O–H groups in total. The topological polar surface area (TPSA) is 90.2 Å². The van der Waals surface area contributed by atoms with E-state index in [-0.39, 0.29) is 11.5 Å². The predicted octanol–water partition coefficient (Wildman–Crippen LogP) is 2.24. The summed E-state index contributed by atoms with van der Waals surface area (Å²) in [6.45, 7) is 6.24. The minimum absolute atomic E-state index is 0.0187. The van der Waals surface area contributed by atoms with Crippen molar-refractivity contribution in [3.63, 3.8) is 0 Å². The van der Waals surface area contributed by atoms with Crippen LogP contribution >= 0.6 is 11.8 Å². The minimum atomic E-state index is -0.725. The first-order chi connectivity index (χ1) is 13.0. The highest BCUT2D eigenvalue weighted by molar-refractivity contribution is 8.14. The Morgan fingerprint density at radius 2 is 1.96 bits per heavy atom. The van der Waals surface area contributed by atoms with Crippen LogP contribution in [0.25, 0.3) is 0 Å². The smallest absolute Gasteiger partial charge is 0.157 e. The predicted molar refractivity (Wildman–Crippen MR) is 106 cm³/mol. The van der Waals surface area contributed by atoms with E-state index in [1.165, 1.54) is 18.7 Å². The Balaban J connectivity index is 1.76. The van der Waals surface area contributed by atoms with Gasteiger partial charge in [-0.25, -0.2) is 4.98 Å². The lowest BCUT2D eigenvalue weighted by Gasteiger charge is -2.14. The third kappa shape index (κ3) is 6.57. The van der Waals surface area contributed by atoms with Gasteiger partial charge in [-0.2, -0.15) is 0 Å². The lowest BCUT2D eigenvalue weighted by Crippen LogP contribution is -2.31. The van der Waals surface area contributed by atoms with Crippen molar-refractivity contribution in [2.24, 2.45) is 4.99 Å². The second kappa shape index (κ2) is 10.8. The van der Waals surface area contributed by atoms with Crippen LogP contribution in [-0.4, -0.2) is 72.4 Å². The zero-order valence-corrected chi connectivity index (χ0v) is 17.0. The molecule has 1 aliphatic heterocycles. The maximum atomic E-state index is 11.7. The van der Waals surface area contributed by atoms with Crippen LogP contribution in [0.2, 0.25) is 0 Å². The van der Waals surface area contributed by atoms with Gasteiger partial charge in [0, 0.05) is 25.7 Å². The quantitative estimate of drug-likeness (QED) is 0.542. The molecule has 0 bridgehead atoms. The fourth-order valence-electron chi connectivity index (χ4n) is 2.44. The summed E-state index contributed by atoms with van der Waals surface area (Å²) >= 11 is 1.45. The normalized spacial score (nSPS) is 19.3. The lowest BCUT2D eigenvalue weighted by molar-refractivity contribution is -0.120. The summed E-state index contributed by atoms with van der Waals surface area (Å²) in [6, 6.07) is 1.71. The summed E-state index contributed by atoms with van der Waals surface area (Å²) in [5.41, 5.74) is 0.657. The number of nitrogens with zero attached hydrogens (tertiary/aromatic N) is 2. The van der Waals surface area contributed by atoms with Crippen molar-refractivity contribution in [2.75, 3.05) is 45.9 Å². The zero-order valence-electron chi connectivity index (χ0n) is 16.2. The van der Waals surface area contributed by atoms with E-state index in [0.717, 1.165) is 18.4 Å². The minimum Gasteiger partial charge on any atom is -0.506 e. The van der Waals surface area contributed by atoms with E-state index in [4.69, 9.17) is 14.2 Å². The van der Waals surface area contributed by atoms with E-state index in [9.17, 15) is 9.90 Å². The molecule has 2 rings (SSSR count). The van der Waals surface area contributed by atoms with Crippen LogP contribution in [0.3, 0.4) is 0 Å². The molecule has 150 valence electrons. The molecule has 0 aromatic carbocycles. The highest BCUT2D eigenvalue weighted by Crippen LogP contribution is 2.33. The van der Waals surface area contributed by atoms with E-state index in [2.05, 4.69) is 9.98 Å². The fraction of sp³-hybridized carbons (Fsp3) is 0.632. The number of ether oxygens (including phenoxy) is 3. The van der Waals surface area contributed by atoms with Gasteiger partial charge in [0.05, 0.1) is 26.4 Å². The highest BCUT2D eigenvalue weighted by Gasteiger charge is 2.36. The number of rotatable bonds is 12. The van der Waals surface area contributed by atoms with Crippen LogP contribution in [0.4, 0.5) is 0 Å². The van der Waals surface area contributed by atoms with E-state index in [0.29, 0.717) is 49.5 Å². The summed E-state index contributed by atoms with van der Waals surface area (Å²) < 4.78 is 15.7. The molecule has 27 heavy (non-hydrogen) atoms. The Morgan fingerprint density at radius 1 is 1.26 bits per heavy atom. The summed E-state index contributed by atoms with van der Waals surface area (Å²) in [6.07, 6.45) is 3.34. The first-order valence-electron chi connectivity index (χ1n) is 9.02. The van der Waals surface area contributed by atoms with Crippen LogP contribution in [0, 0.1) is 0 Å². The molecule has 0 fully saturated rings. The number of thioether (sulfide) groups is 1. The number of Topliss-reactive ketones (excluding diaryl/α,β-unsaturated/α-hetero) is 1. The maximum absolute atomic E-state index is 11.7. The molecule has 1 atom stereocenters. The molecule has 1 aromatic heterocycles. The van der Waals surface area contributed by atoms with Crippen LogP contribution in [0.1, 0.15) is 31.5 Å². The third-order valence-corrected chi connectivity index (χ3v) is 5.55. The van der Waals surface area contributed by atoms with Gasteiger partial charge in [-0.3, -0.25) is 9.79 Å². The van der Waals surface area contributed by atoms with Crippen molar-refractivity contribution in [2.45, 2.75) is 32.2 Å². The number of carbonyl (C=O) groups excluding carboxylic acids is 1. The molecule has 0 amide bonds. The van der Waals surface area contributed by atoms with Crippen LogP contribution < -0.4 is 0 Å². The maximum Gasteiger partial charge on any atom is 0.157 e. The lowest BCUT2D eigenvalue weighted by atomic mass is 10.0. The van der Waals surface area contributed by atoms with E-state index >= 15 is 0 Å². The highest BCUT2D eigenvalue weighted by atomic mass is 32.2. The Hall–Kier alpha value is -1.48. The van der Waals surface area contributed by atoms with Crippen LogP contribution in [0.5, 0.6) is 5.75 Å². The standard InChI is InChI=1S/C19H28N2O5S/c1-14(22)19(2)13-27-18(21-19)17-16(23)11-15(12-20-17)5-4-6-25-9-10-26-8-7-24-3/h11-12,23H,4-10,13H2,1-3H3/t19-/m1/s1. The van der Waals surface area contributed by atoms with Crippen molar-refractivity contribution in [3.05, 3.63) is 23.5 Å². The van der Waals surface area contributed by atoms with Gasteiger partial charge in [0.2, 0.25) is 0 Å². The van der Waals surface area contributed by atoms with Crippen LogP contribution in [0.15, 0.2) is 17.3 Å². The monoisotopic (exact) mass is 396 g/mol.